The number of nitrogens with zero attached hydrogens (tertiary/aromatic N) is 2. The third kappa shape index (κ3) is 8.73. The van der Waals surface area contributed by atoms with Gasteiger partial charge in [0, 0.05) is 30.7 Å². The van der Waals surface area contributed by atoms with Crippen molar-refractivity contribution in [2.45, 2.75) is 25.4 Å². The molecule has 14 heteroatoms. The number of benzene rings is 2. The smallest absolute Gasteiger partial charge is 0.447 e. The first kappa shape index (κ1) is 28.9. The number of likely N-dealkylation sites (N-methyl/N-ethyl adjacent to an activating group) is 1. The van der Waals surface area contributed by atoms with Gasteiger partial charge in [-0.05, 0) is 30.4 Å². The average molecular weight is 552 g/mol. The van der Waals surface area contributed by atoms with Crippen LogP contribution in [0.3, 0.4) is 0 Å². The molecule has 4 N–H and O–H groups in total. The lowest BCUT2D eigenvalue weighted by atomic mass is 10.1. The predicted molar refractivity (Wildman–Crippen MR) is 134 cm³/mol. The summed E-state index contributed by atoms with van der Waals surface area (Å²) in [6.07, 6.45) is 1.01. The molecule has 0 bridgehead atoms. The van der Waals surface area contributed by atoms with Crippen LogP contribution in [0.25, 0.3) is 10.8 Å². The zero-order valence-electron chi connectivity index (χ0n) is 20.3. The number of hydrogen-bond donors (Lipinski definition) is 4. The third-order valence-corrected chi connectivity index (χ3v) is 6.06. The Hall–Kier alpha value is -3.64. The molecule has 0 saturated carbocycles. The van der Waals surface area contributed by atoms with Crippen molar-refractivity contribution in [3.63, 3.8) is 0 Å². The third-order valence-electron chi connectivity index (χ3n) is 5.54. The molecule has 1 atom stereocenters. The van der Waals surface area contributed by atoms with Crippen LogP contribution in [-0.2, 0) is 20.4 Å². The molecule has 1 aromatic heterocycles. The summed E-state index contributed by atoms with van der Waals surface area (Å²) < 4.78 is 48.0. The number of amides is 3. The Morgan fingerprint density at radius 2 is 1.87 bits per heavy atom. The summed E-state index contributed by atoms with van der Waals surface area (Å²) >= 11 is 0. The van der Waals surface area contributed by atoms with Crippen LogP contribution in [0.4, 0.5) is 24.2 Å². The van der Waals surface area contributed by atoms with E-state index >= 15 is 0 Å². The van der Waals surface area contributed by atoms with Gasteiger partial charge >= 0.3 is 19.9 Å². The van der Waals surface area contributed by atoms with Gasteiger partial charge in [-0.15, -0.1) is 0 Å². The van der Waals surface area contributed by atoms with Crippen molar-refractivity contribution in [3.05, 3.63) is 71.9 Å². The Labute approximate surface area is 217 Å². The molecule has 38 heavy (non-hydrogen) atoms. The first-order chi connectivity index (χ1) is 18.0. The zero-order chi connectivity index (χ0) is 27.7. The number of carbonyl (C=O) groups is 2. The van der Waals surface area contributed by atoms with E-state index in [1.807, 2.05) is 24.3 Å². The molecule has 3 aromatic rings. The number of anilines is 1. The van der Waals surface area contributed by atoms with Gasteiger partial charge in [0.05, 0.1) is 12.6 Å². The highest BCUT2D eigenvalue weighted by Crippen LogP contribution is 2.35. The number of halogens is 2. The van der Waals surface area contributed by atoms with E-state index in [9.17, 15) is 22.9 Å². The molecule has 0 spiro atoms. The second-order valence-electron chi connectivity index (χ2n) is 8.24. The van der Waals surface area contributed by atoms with Gasteiger partial charge in [-0.25, -0.2) is 27.9 Å². The number of phosphoric ester groups is 1. The summed E-state index contributed by atoms with van der Waals surface area (Å²) in [6, 6.07) is 11.3. The maximum atomic E-state index is 13.9. The summed E-state index contributed by atoms with van der Waals surface area (Å²) in [6.45, 7) is -0.888. The molecule has 0 saturated heterocycles. The monoisotopic (exact) mass is 552 g/mol. The fraction of sp³-hybridized carbons (Fsp3) is 0.292. The molecule has 0 aliphatic rings. The second-order valence-corrected chi connectivity index (χ2v) is 9.48. The largest absolute Gasteiger partial charge is 0.469 e. The maximum Gasteiger partial charge on any atom is 0.469 e. The van der Waals surface area contributed by atoms with Crippen molar-refractivity contribution < 1.29 is 42.0 Å². The van der Waals surface area contributed by atoms with Gasteiger partial charge in [-0.3, -0.25) is 9.84 Å². The highest BCUT2D eigenvalue weighted by atomic mass is 31.2. The fourth-order valence-corrected chi connectivity index (χ4v) is 3.87. The molecule has 0 radical (unpaired) electrons. The van der Waals surface area contributed by atoms with E-state index in [0.29, 0.717) is 0 Å². The number of phosphoric acid groups is 1. The number of pyridine rings is 1. The first-order valence-electron chi connectivity index (χ1n) is 11.5. The molecule has 3 amide bonds. The number of nitrogens with one attached hydrogen (secondary N) is 2. The summed E-state index contributed by atoms with van der Waals surface area (Å²) in [5.74, 6) is -1.87. The minimum atomic E-state index is -4.67. The van der Waals surface area contributed by atoms with Gasteiger partial charge in [0.2, 0.25) is 0 Å². The van der Waals surface area contributed by atoms with Crippen LogP contribution < -0.4 is 10.6 Å². The van der Waals surface area contributed by atoms with Crippen LogP contribution in [-0.4, -0.2) is 58.1 Å². The number of ether oxygens (including phenoxy) is 1. The van der Waals surface area contributed by atoms with Gasteiger partial charge in [-0.2, -0.15) is 0 Å². The standard InChI is InChI=1S/C24H27F2N4O7P/c1-30(23(31)28-14-18-8-4-10-20(25)22(18)26)19(9-5-11-37-38(33,34)35)15-36-24(32)29-21-12-16-6-2-3-7-17(16)13-27-21/h2-4,6-8,10,12-13,19H,5,9,11,14-15H2,1H3,(H,28,31)(H,27,29,32)(H2,33,34,35). The quantitative estimate of drug-likeness (QED) is 0.205. The Kier molecular flexibility index (Phi) is 10.1. The van der Waals surface area contributed by atoms with Gasteiger partial charge < -0.3 is 24.7 Å². The lowest BCUT2D eigenvalue weighted by molar-refractivity contribution is 0.109. The SMILES string of the molecule is CN(C(=O)NCc1cccc(F)c1F)C(CCCOP(=O)(O)O)COC(=O)Nc1cc2ccccc2cn1. The average Bonchev–Trinajstić information content (AvgIpc) is 2.87. The van der Waals surface area contributed by atoms with Gasteiger partial charge in [0.25, 0.3) is 0 Å². The molecule has 0 fully saturated rings. The molecule has 1 heterocycles. The van der Waals surface area contributed by atoms with Crippen LogP contribution in [0.15, 0.2) is 54.7 Å². The molecule has 11 nitrogen and oxygen atoms in total. The number of aromatic nitrogens is 1. The van der Waals surface area contributed by atoms with Crippen LogP contribution in [0, 0.1) is 11.6 Å². The van der Waals surface area contributed by atoms with Crippen LogP contribution in [0.1, 0.15) is 18.4 Å². The molecular weight excluding hydrogens is 525 g/mol. The summed E-state index contributed by atoms with van der Waals surface area (Å²) in [5, 5.41) is 6.71. The van der Waals surface area contributed by atoms with Crippen molar-refractivity contribution >= 4 is 36.5 Å². The number of rotatable bonds is 11. The Morgan fingerprint density at radius 3 is 2.61 bits per heavy atom. The number of fused-ring (bicyclic) bond motifs is 1. The van der Waals surface area contributed by atoms with E-state index in [0.717, 1.165) is 16.8 Å². The van der Waals surface area contributed by atoms with Crippen molar-refractivity contribution in [1.82, 2.24) is 15.2 Å². The van der Waals surface area contributed by atoms with E-state index in [1.54, 1.807) is 12.3 Å². The normalized spacial score (nSPS) is 12.1. The molecule has 204 valence electrons. The van der Waals surface area contributed by atoms with E-state index in [4.69, 9.17) is 14.5 Å². The second kappa shape index (κ2) is 13.2. The summed E-state index contributed by atoms with van der Waals surface area (Å²) in [5.41, 5.74) is -0.0585. The lowest BCUT2D eigenvalue weighted by Gasteiger charge is -2.28. The molecule has 1 unspecified atom stereocenters. The zero-order valence-corrected chi connectivity index (χ0v) is 21.2. The molecule has 3 rings (SSSR count). The van der Waals surface area contributed by atoms with Crippen molar-refractivity contribution in [2.24, 2.45) is 0 Å². The highest BCUT2D eigenvalue weighted by molar-refractivity contribution is 7.46. The minimum Gasteiger partial charge on any atom is -0.447 e. The topological polar surface area (TPSA) is 150 Å². The van der Waals surface area contributed by atoms with Crippen LogP contribution >= 0.6 is 7.82 Å². The fourth-order valence-electron chi connectivity index (χ4n) is 3.50. The predicted octanol–water partition coefficient (Wildman–Crippen LogP) is 4.16. The van der Waals surface area contributed by atoms with Crippen LogP contribution in [0.2, 0.25) is 0 Å². The Bertz CT molecular complexity index is 1320. The minimum absolute atomic E-state index is 0.0585. The van der Waals surface area contributed by atoms with Gasteiger partial charge in [0.15, 0.2) is 11.6 Å². The van der Waals surface area contributed by atoms with E-state index in [1.165, 1.54) is 24.1 Å². The van der Waals surface area contributed by atoms with Gasteiger partial charge in [0.1, 0.15) is 12.4 Å². The van der Waals surface area contributed by atoms with E-state index < -0.39 is 37.6 Å². The van der Waals surface area contributed by atoms with E-state index in [2.05, 4.69) is 20.1 Å². The summed E-state index contributed by atoms with van der Waals surface area (Å²) in [4.78, 5) is 48.1. The first-order valence-corrected chi connectivity index (χ1v) is 13.0. The van der Waals surface area contributed by atoms with Crippen molar-refractivity contribution in [3.8, 4) is 0 Å². The lowest BCUT2D eigenvalue weighted by Crippen LogP contribution is -2.46. The number of carbonyl (C=O) groups excluding carboxylic acids is 2. The highest BCUT2D eigenvalue weighted by Gasteiger charge is 2.23. The van der Waals surface area contributed by atoms with Crippen molar-refractivity contribution in [2.75, 3.05) is 25.6 Å². The van der Waals surface area contributed by atoms with Crippen LogP contribution in [0.5, 0.6) is 0 Å². The molecule has 0 aliphatic carbocycles. The summed E-state index contributed by atoms with van der Waals surface area (Å²) in [7, 11) is -3.27. The molecular formula is C24H27F2N4O7P. The van der Waals surface area contributed by atoms with E-state index in [-0.39, 0.29) is 44.0 Å². The number of urea groups is 1. The molecule has 2 aromatic carbocycles. The van der Waals surface area contributed by atoms with Gasteiger partial charge in [-0.1, -0.05) is 36.4 Å². The van der Waals surface area contributed by atoms with Crippen molar-refractivity contribution in [1.29, 1.82) is 0 Å². The maximum absolute atomic E-state index is 13.9. The Balaban J connectivity index is 1.60. The Morgan fingerprint density at radius 1 is 1.13 bits per heavy atom. The molecule has 0 aliphatic heterocycles. The number of hydrogen-bond acceptors (Lipinski definition) is 6.